The van der Waals surface area contributed by atoms with E-state index in [1.807, 2.05) is 54.8 Å². The summed E-state index contributed by atoms with van der Waals surface area (Å²) >= 11 is 1.51. The second-order valence-electron chi connectivity index (χ2n) is 6.84. The summed E-state index contributed by atoms with van der Waals surface area (Å²) in [5, 5.41) is 7.79. The van der Waals surface area contributed by atoms with E-state index in [-0.39, 0.29) is 6.04 Å². The third-order valence-electron chi connectivity index (χ3n) is 4.69. The number of nitrogens with zero attached hydrogens (tertiary/aromatic N) is 2. The standard InChI is InChI=1S/C23H20N2O4S/c1-16-6-8-17(9-7-16)19-14-20(21-5-2-12-28-21)25(24-19)22(26)15-29-23(27)11-10-18-4-3-13-30-18/h2-13,20H,14-15H2,1H3/b11-10+. The van der Waals surface area contributed by atoms with Crippen molar-refractivity contribution in [2.24, 2.45) is 5.10 Å². The average Bonchev–Trinajstić information content (AvgIpc) is 3.52. The van der Waals surface area contributed by atoms with E-state index in [2.05, 4.69) is 5.10 Å². The summed E-state index contributed by atoms with van der Waals surface area (Å²) in [6.07, 6.45) is 5.06. The van der Waals surface area contributed by atoms with Crippen LogP contribution in [0.4, 0.5) is 0 Å². The SMILES string of the molecule is Cc1ccc(C2=NN(C(=O)COC(=O)/C=C/c3cccs3)C(c3ccco3)C2)cc1. The van der Waals surface area contributed by atoms with Crippen molar-refractivity contribution in [3.8, 4) is 0 Å². The summed E-state index contributed by atoms with van der Waals surface area (Å²) < 4.78 is 10.6. The number of thiophene rings is 1. The normalized spacial score (nSPS) is 16.1. The van der Waals surface area contributed by atoms with E-state index >= 15 is 0 Å². The molecule has 2 aromatic heterocycles. The number of benzene rings is 1. The lowest BCUT2D eigenvalue weighted by Crippen LogP contribution is -2.31. The van der Waals surface area contributed by atoms with Crippen LogP contribution in [0, 0.1) is 6.92 Å². The molecule has 0 saturated heterocycles. The number of amides is 1. The molecule has 30 heavy (non-hydrogen) atoms. The Bertz CT molecular complexity index is 1070. The summed E-state index contributed by atoms with van der Waals surface area (Å²) in [5.41, 5.74) is 2.88. The molecule has 1 aliphatic rings. The first-order valence-corrected chi connectivity index (χ1v) is 10.4. The Kier molecular flexibility index (Phi) is 5.90. The molecule has 0 bridgehead atoms. The second kappa shape index (κ2) is 8.92. The molecule has 1 unspecified atom stereocenters. The van der Waals surface area contributed by atoms with Crippen molar-refractivity contribution in [1.82, 2.24) is 5.01 Å². The number of carbonyl (C=O) groups excluding carboxylic acids is 2. The van der Waals surface area contributed by atoms with Crippen LogP contribution in [0.2, 0.25) is 0 Å². The molecule has 1 amide bonds. The number of hydrazone groups is 1. The highest BCUT2D eigenvalue weighted by molar-refractivity contribution is 7.10. The van der Waals surface area contributed by atoms with Crippen molar-refractivity contribution in [2.75, 3.05) is 6.61 Å². The molecule has 3 heterocycles. The minimum atomic E-state index is -0.576. The fraction of sp³-hybridized carbons (Fsp3) is 0.174. The van der Waals surface area contributed by atoms with Crippen LogP contribution in [-0.2, 0) is 14.3 Å². The summed E-state index contributed by atoms with van der Waals surface area (Å²) in [6, 6.07) is 15.0. The molecular weight excluding hydrogens is 400 g/mol. The Morgan fingerprint density at radius 1 is 1.23 bits per heavy atom. The number of esters is 1. The van der Waals surface area contributed by atoms with Crippen molar-refractivity contribution in [1.29, 1.82) is 0 Å². The lowest BCUT2D eigenvalue weighted by atomic mass is 10.0. The molecule has 0 saturated carbocycles. The van der Waals surface area contributed by atoms with Gasteiger partial charge in [0.2, 0.25) is 0 Å². The first-order chi connectivity index (χ1) is 14.6. The number of carbonyl (C=O) groups is 2. The van der Waals surface area contributed by atoms with Gasteiger partial charge in [0.1, 0.15) is 11.8 Å². The fourth-order valence-corrected chi connectivity index (χ4v) is 3.76. The van der Waals surface area contributed by atoms with Gasteiger partial charge in [0, 0.05) is 17.4 Å². The van der Waals surface area contributed by atoms with Crippen LogP contribution < -0.4 is 0 Å². The zero-order valence-corrected chi connectivity index (χ0v) is 17.2. The van der Waals surface area contributed by atoms with Gasteiger partial charge in [-0.2, -0.15) is 5.10 Å². The predicted molar refractivity (Wildman–Crippen MR) is 115 cm³/mol. The smallest absolute Gasteiger partial charge is 0.331 e. The molecule has 6 nitrogen and oxygen atoms in total. The van der Waals surface area contributed by atoms with E-state index in [0.29, 0.717) is 12.2 Å². The van der Waals surface area contributed by atoms with Crippen LogP contribution >= 0.6 is 11.3 Å². The van der Waals surface area contributed by atoms with Crippen LogP contribution in [0.15, 0.2) is 75.8 Å². The highest BCUT2D eigenvalue weighted by Gasteiger charge is 2.35. The van der Waals surface area contributed by atoms with Crippen molar-refractivity contribution in [3.05, 3.63) is 88.0 Å². The molecule has 1 aliphatic heterocycles. The third-order valence-corrected chi connectivity index (χ3v) is 5.52. The van der Waals surface area contributed by atoms with E-state index in [9.17, 15) is 9.59 Å². The lowest BCUT2D eigenvalue weighted by Gasteiger charge is -2.19. The largest absolute Gasteiger partial charge is 0.467 e. The third kappa shape index (κ3) is 4.58. The first kappa shape index (κ1) is 19.8. The molecule has 1 aromatic carbocycles. The van der Waals surface area contributed by atoms with Gasteiger partial charge in [0.25, 0.3) is 5.91 Å². The first-order valence-electron chi connectivity index (χ1n) is 9.48. The molecule has 7 heteroatoms. The van der Waals surface area contributed by atoms with Crippen LogP contribution in [0.1, 0.15) is 34.2 Å². The zero-order chi connectivity index (χ0) is 20.9. The van der Waals surface area contributed by atoms with Gasteiger partial charge in [-0.3, -0.25) is 4.79 Å². The molecule has 3 aromatic rings. The van der Waals surface area contributed by atoms with E-state index < -0.39 is 18.5 Å². The highest BCUT2D eigenvalue weighted by atomic mass is 32.1. The number of ether oxygens (including phenoxy) is 1. The van der Waals surface area contributed by atoms with Gasteiger partial charge >= 0.3 is 5.97 Å². The Labute approximate surface area is 178 Å². The molecule has 0 N–H and O–H groups in total. The minimum absolute atomic E-state index is 0.371. The summed E-state index contributed by atoms with van der Waals surface area (Å²) in [5.74, 6) is -0.345. The summed E-state index contributed by atoms with van der Waals surface area (Å²) in [4.78, 5) is 25.7. The van der Waals surface area contributed by atoms with Crippen molar-refractivity contribution >= 4 is 35.0 Å². The number of rotatable bonds is 6. The fourth-order valence-electron chi connectivity index (χ4n) is 3.15. The molecular formula is C23H20N2O4S. The van der Waals surface area contributed by atoms with Gasteiger partial charge in [0.15, 0.2) is 6.61 Å². The molecule has 0 fully saturated rings. The maximum absolute atomic E-state index is 12.8. The molecule has 1 atom stereocenters. The number of aryl methyl sites for hydroxylation is 1. The number of hydrogen-bond acceptors (Lipinski definition) is 6. The van der Waals surface area contributed by atoms with Gasteiger partial charge in [-0.25, -0.2) is 9.80 Å². The number of hydrogen-bond donors (Lipinski definition) is 0. The van der Waals surface area contributed by atoms with E-state index in [0.717, 1.165) is 21.7 Å². The molecule has 4 rings (SSSR count). The maximum atomic E-state index is 12.8. The van der Waals surface area contributed by atoms with Crippen LogP contribution in [0.3, 0.4) is 0 Å². The van der Waals surface area contributed by atoms with E-state index in [4.69, 9.17) is 9.15 Å². The Balaban J connectivity index is 1.46. The predicted octanol–water partition coefficient (Wildman–Crippen LogP) is 4.58. The van der Waals surface area contributed by atoms with Crippen LogP contribution in [0.5, 0.6) is 0 Å². The van der Waals surface area contributed by atoms with E-state index in [1.165, 1.54) is 22.4 Å². The molecule has 152 valence electrons. The van der Waals surface area contributed by atoms with Gasteiger partial charge in [-0.15, -0.1) is 11.3 Å². The number of furan rings is 1. The van der Waals surface area contributed by atoms with Crippen molar-refractivity contribution in [2.45, 2.75) is 19.4 Å². The molecule has 0 spiro atoms. The van der Waals surface area contributed by atoms with Crippen molar-refractivity contribution in [3.63, 3.8) is 0 Å². The Morgan fingerprint density at radius 3 is 2.77 bits per heavy atom. The summed E-state index contributed by atoms with van der Waals surface area (Å²) in [7, 11) is 0. The summed E-state index contributed by atoms with van der Waals surface area (Å²) in [6.45, 7) is 1.62. The average molecular weight is 420 g/mol. The van der Waals surface area contributed by atoms with Gasteiger partial charge in [-0.1, -0.05) is 35.9 Å². The van der Waals surface area contributed by atoms with Gasteiger partial charge in [0.05, 0.1) is 12.0 Å². The lowest BCUT2D eigenvalue weighted by molar-refractivity contribution is -0.149. The highest BCUT2D eigenvalue weighted by Crippen LogP contribution is 2.33. The Hall–Kier alpha value is -3.45. The van der Waals surface area contributed by atoms with E-state index in [1.54, 1.807) is 18.4 Å². The molecule has 0 aliphatic carbocycles. The molecule has 0 radical (unpaired) electrons. The van der Waals surface area contributed by atoms with Gasteiger partial charge in [-0.05, 0) is 42.1 Å². The van der Waals surface area contributed by atoms with Crippen LogP contribution in [-0.4, -0.2) is 29.2 Å². The van der Waals surface area contributed by atoms with Crippen LogP contribution in [0.25, 0.3) is 6.08 Å². The second-order valence-corrected chi connectivity index (χ2v) is 7.82. The maximum Gasteiger partial charge on any atom is 0.331 e. The quantitative estimate of drug-likeness (QED) is 0.432. The Morgan fingerprint density at radius 2 is 2.07 bits per heavy atom. The topological polar surface area (TPSA) is 72.1 Å². The minimum Gasteiger partial charge on any atom is -0.467 e. The zero-order valence-electron chi connectivity index (χ0n) is 16.4. The monoisotopic (exact) mass is 420 g/mol. The van der Waals surface area contributed by atoms with Gasteiger partial charge < -0.3 is 9.15 Å². The van der Waals surface area contributed by atoms with Crippen molar-refractivity contribution < 1.29 is 18.7 Å².